The van der Waals surface area contributed by atoms with Gasteiger partial charge in [-0.05, 0) is 63.2 Å². The van der Waals surface area contributed by atoms with E-state index in [1.807, 2.05) is 44.2 Å². The third-order valence-electron chi connectivity index (χ3n) is 7.55. The fourth-order valence-corrected chi connectivity index (χ4v) is 6.97. The summed E-state index contributed by atoms with van der Waals surface area (Å²) in [6, 6.07) is 13.1. The molecule has 5 heterocycles. The smallest absolute Gasteiger partial charge is 0.251 e. The van der Waals surface area contributed by atoms with Gasteiger partial charge in [-0.25, -0.2) is 27.2 Å². The molecule has 1 fully saturated rings. The number of ether oxygens (including phenoxy) is 2. The van der Waals surface area contributed by atoms with Gasteiger partial charge in [-0.1, -0.05) is 6.07 Å². The first-order valence-electron chi connectivity index (χ1n) is 14.3. The third kappa shape index (κ3) is 5.93. The Labute approximate surface area is 253 Å². The molecule has 0 radical (unpaired) electrons. The Balaban J connectivity index is 1.21. The van der Waals surface area contributed by atoms with E-state index in [9.17, 15) is 22.0 Å². The Hall–Kier alpha value is -4.23. The largest absolute Gasteiger partial charge is 0.486 e. The molecule has 0 unspecified atom stereocenters. The molecule has 3 aromatic heterocycles. The number of alkyl halides is 1. The predicted molar refractivity (Wildman–Crippen MR) is 159 cm³/mol. The lowest BCUT2D eigenvalue weighted by atomic mass is 10.1. The number of nitrogens with one attached hydrogen (secondary N) is 1. The standard InChI is InChI=1S/C31H31F2N5O5S/c1-17-9-28(33)44(40,41)27-11-21(10-23(32)30(27)43-17)31(39)35-14-22-12-26-20(13-34-22)7-8-25(36-26)24-5-4-6-29(37-24)38-15-18(2)42-19(3)16-38/h4-8,10-13,17-19,28H,9,14-16H2,1-3H3,(H,35,39)/t17-,18-,19+,28-/m0/s1. The molecule has 0 saturated carbocycles. The molecule has 2 aliphatic rings. The van der Waals surface area contributed by atoms with Crippen molar-refractivity contribution in [3.8, 4) is 17.1 Å². The van der Waals surface area contributed by atoms with Crippen molar-refractivity contribution in [3.63, 3.8) is 0 Å². The molecule has 4 aromatic rings. The topological polar surface area (TPSA) is 124 Å². The molecule has 44 heavy (non-hydrogen) atoms. The second-order valence-corrected chi connectivity index (χ2v) is 13.2. The van der Waals surface area contributed by atoms with Crippen LogP contribution in [0.2, 0.25) is 0 Å². The van der Waals surface area contributed by atoms with Crippen LogP contribution in [-0.4, -0.2) is 66.2 Å². The van der Waals surface area contributed by atoms with Crippen LogP contribution in [-0.2, 0) is 21.1 Å². The Morgan fingerprint density at radius 2 is 1.77 bits per heavy atom. The Bertz CT molecular complexity index is 1850. The van der Waals surface area contributed by atoms with Crippen LogP contribution in [0.4, 0.5) is 14.6 Å². The van der Waals surface area contributed by atoms with E-state index in [0.29, 0.717) is 22.6 Å². The molecular formula is C31H31F2N5O5S. The number of benzene rings is 1. The molecule has 1 saturated heterocycles. The monoisotopic (exact) mass is 623 g/mol. The number of nitrogens with zero attached hydrogens (tertiary/aromatic N) is 4. The van der Waals surface area contributed by atoms with Gasteiger partial charge in [0.15, 0.2) is 11.6 Å². The van der Waals surface area contributed by atoms with Gasteiger partial charge in [0.2, 0.25) is 15.3 Å². The number of hydrogen-bond donors (Lipinski definition) is 1. The van der Waals surface area contributed by atoms with Crippen molar-refractivity contribution in [2.75, 3.05) is 18.0 Å². The minimum Gasteiger partial charge on any atom is -0.486 e. The number of pyridine rings is 3. The molecule has 10 nitrogen and oxygen atoms in total. The fraction of sp³-hybridized carbons (Fsp3) is 0.355. The van der Waals surface area contributed by atoms with Crippen molar-refractivity contribution in [2.24, 2.45) is 0 Å². The number of rotatable bonds is 5. The predicted octanol–water partition coefficient (Wildman–Crippen LogP) is 4.61. The maximum Gasteiger partial charge on any atom is 0.251 e. The first kappa shape index (κ1) is 29.8. The number of morpholine rings is 1. The lowest BCUT2D eigenvalue weighted by molar-refractivity contribution is -0.00545. The highest BCUT2D eigenvalue weighted by Crippen LogP contribution is 2.37. The fourth-order valence-electron chi connectivity index (χ4n) is 5.48. The normalized spacial score (nSPS) is 23.0. The second-order valence-electron chi connectivity index (χ2n) is 11.2. The summed E-state index contributed by atoms with van der Waals surface area (Å²) in [4.78, 5) is 28.5. The van der Waals surface area contributed by atoms with Gasteiger partial charge >= 0.3 is 0 Å². The number of hydrogen-bond acceptors (Lipinski definition) is 9. The zero-order valence-electron chi connectivity index (χ0n) is 24.3. The highest BCUT2D eigenvalue weighted by molar-refractivity contribution is 7.92. The Morgan fingerprint density at radius 1 is 1.02 bits per heavy atom. The zero-order valence-corrected chi connectivity index (χ0v) is 25.1. The van der Waals surface area contributed by atoms with E-state index < -0.39 is 50.2 Å². The SMILES string of the molecule is C[C@@H]1CN(c2cccc(-c3ccc4cnc(CNC(=O)c5cc(F)c6c(c5)S(=O)(=O)[C@H](F)C[C@H](C)O6)cc4n3)n2)C[C@H](C)O1. The summed E-state index contributed by atoms with van der Waals surface area (Å²) in [6.45, 7) is 6.96. The van der Waals surface area contributed by atoms with Gasteiger partial charge < -0.3 is 19.7 Å². The van der Waals surface area contributed by atoms with E-state index in [-0.39, 0.29) is 24.3 Å². The third-order valence-corrected chi connectivity index (χ3v) is 9.33. The first-order chi connectivity index (χ1) is 21.0. The number of sulfone groups is 1. The van der Waals surface area contributed by atoms with Crippen LogP contribution in [0.15, 0.2) is 59.6 Å². The molecule has 2 aliphatic heterocycles. The molecule has 4 atom stereocenters. The number of anilines is 1. The number of carbonyl (C=O) groups is 1. The van der Waals surface area contributed by atoms with Gasteiger partial charge in [-0.15, -0.1) is 0 Å². The van der Waals surface area contributed by atoms with Gasteiger partial charge in [0.1, 0.15) is 10.7 Å². The van der Waals surface area contributed by atoms with Gasteiger partial charge in [-0.3, -0.25) is 9.78 Å². The van der Waals surface area contributed by atoms with Gasteiger partial charge in [0.25, 0.3) is 5.91 Å². The molecule has 13 heteroatoms. The minimum absolute atomic E-state index is 0.0491. The van der Waals surface area contributed by atoms with E-state index in [4.69, 9.17) is 19.4 Å². The van der Waals surface area contributed by atoms with Crippen molar-refractivity contribution < 1.29 is 31.5 Å². The van der Waals surface area contributed by atoms with Crippen LogP contribution in [0.3, 0.4) is 0 Å². The summed E-state index contributed by atoms with van der Waals surface area (Å²) < 4.78 is 65.9. The molecule has 1 amide bonds. The molecule has 6 rings (SSSR count). The van der Waals surface area contributed by atoms with E-state index in [0.717, 1.165) is 36.4 Å². The molecular weight excluding hydrogens is 592 g/mol. The summed E-state index contributed by atoms with van der Waals surface area (Å²) in [7, 11) is -4.55. The van der Waals surface area contributed by atoms with Crippen molar-refractivity contribution in [3.05, 3.63) is 71.8 Å². The maximum atomic E-state index is 14.9. The van der Waals surface area contributed by atoms with Crippen LogP contribution in [0, 0.1) is 5.82 Å². The van der Waals surface area contributed by atoms with E-state index >= 15 is 0 Å². The highest BCUT2D eigenvalue weighted by Gasteiger charge is 2.38. The second kappa shape index (κ2) is 11.7. The van der Waals surface area contributed by atoms with Crippen molar-refractivity contribution in [1.82, 2.24) is 20.3 Å². The minimum atomic E-state index is -4.55. The van der Waals surface area contributed by atoms with Crippen LogP contribution >= 0.6 is 0 Å². The van der Waals surface area contributed by atoms with E-state index in [2.05, 4.69) is 15.2 Å². The average molecular weight is 624 g/mol. The number of amides is 1. The summed E-state index contributed by atoms with van der Waals surface area (Å²) in [5.74, 6) is -1.56. The van der Waals surface area contributed by atoms with Gasteiger partial charge in [0.05, 0.1) is 47.5 Å². The van der Waals surface area contributed by atoms with Crippen molar-refractivity contribution in [1.29, 1.82) is 0 Å². The van der Waals surface area contributed by atoms with E-state index in [1.165, 1.54) is 6.92 Å². The number of halogens is 2. The summed E-state index contributed by atoms with van der Waals surface area (Å²) in [5.41, 5.74) is -0.0926. The van der Waals surface area contributed by atoms with Crippen molar-refractivity contribution >= 4 is 32.5 Å². The van der Waals surface area contributed by atoms with Crippen LogP contribution in [0.1, 0.15) is 43.2 Å². The summed E-state index contributed by atoms with van der Waals surface area (Å²) in [5, 5.41) is 3.40. The number of aromatic nitrogens is 3. The molecule has 1 aromatic carbocycles. The number of carbonyl (C=O) groups excluding carboxylic acids is 1. The van der Waals surface area contributed by atoms with Crippen LogP contribution < -0.4 is 15.0 Å². The summed E-state index contributed by atoms with van der Waals surface area (Å²) >= 11 is 0. The summed E-state index contributed by atoms with van der Waals surface area (Å²) in [6.07, 6.45) is 0.510. The average Bonchev–Trinajstić information content (AvgIpc) is 3.07. The van der Waals surface area contributed by atoms with Crippen molar-refractivity contribution in [2.45, 2.75) is 62.4 Å². The molecule has 1 N–H and O–H groups in total. The van der Waals surface area contributed by atoms with Gasteiger partial charge in [0, 0.05) is 36.7 Å². The Kier molecular flexibility index (Phi) is 7.93. The maximum absolute atomic E-state index is 14.9. The van der Waals surface area contributed by atoms with Gasteiger partial charge in [-0.2, -0.15) is 0 Å². The Morgan fingerprint density at radius 3 is 2.55 bits per heavy atom. The van der Waals surface area contributed by atoms with Crippen LogP contribution in [0.25, 0.3) is 22.3 Å². The highest BCUT2D eigenvalue weighted by atomic mass is 32.2. The quantitative estimate of drug-likeness (QED) is 0.339. The molecule has 0 aliphatic carbocycles. The molecule has 230 valence electrons. The lowest BCUT2D eigenvalue weighted by Gasteiger charge is -2.36. The number of fused-ring (bicyclic) bond motifs is 2. The zero-order chi connectivity index (χ0) is 31.2. The molecule has 0 spiro atoms. The van der Waals surface area contributed by atoms with E-state index in [1.54, 1.807) is 12.3 Å². The lowest BCUT2D eigenvalue weighted by Crippen LogP contribution is -2.45. The van der Waals surface area contributed by atoms with Crippen LogP contribution in [0.5, 0.6) is 5.75 Å². The molecule has 0 bridgehead atoms. The first-order valence-corrected chi connectivity index (χ1v) is 15.8.